The molecule has 0 saturated carbocycles. The van der Waals surface area contributed by atoms with Crippen LogP contribution >= 0.6 is 22.9 Å². The second-order valence-corrected chi connectivity index (χ2v) is 5.20. The van der Waals surface area contributed by atoms with Crippen LogP contribution in [0.1, 0.15) is 25.3 Å². The third-order valence-electron chi connectivity index (χ3n) is 2.70. The summed E-state index contributed by atoms with van der Waals surface area (Å²) in [6.07, 6.45) is 1.75. The lowest BCUT2D eigenvalue weighted by Gasteiger charge is -2.19. The number of hydrogen-bond acceptors (Lipinski definition) is 3. The first-order valence-electron chi connectivity index (χ1n) is 4.73. The average Bonchev–Trinajstić information content (AvgIpc) is 2.73. The molecule has 78 valence electrons. The molecule has 1 aliphatic rings. The molecule has 0 bridgehead atoms. The number of aliphatic hydroxyl groups is 1. The highest BCUT2D eigenvalue weighted by molar-refractivity contribution is 7.14. The van der Waals surface area contributed by atoms with E-state index in [9.17, 15) is 5.11 Å². The summed E-state index contributed by atoms with van der Waals surface area (Å²) in [7, 11) is 0. The third-order valence-corrected chi connectivity index (χ3v) is 3.87. The van der Waals surface area contributed by atoms with Crippen LogP contribution in [0.3, 0.4) is 0 Å². The maximum atomic E-state index is 10.3. The minimum Gasteiger partial charge on any atom is -0.383 e. The molecule has 1 saturated heterocycles. The van der Waals surface area contributed by atoms with Crippen LogP contribution in [0.4, 0.5) is 0 Å². The molecule has 0 aromatic carbocycles. The number of hydrogen-bond donors (Lipinski definition) is 1. The first-order chi connectivity index (χ1) is 6.65. The molecule has 4 heteroatoms. The molecule has 0 spiro atoms. The molecule has 0 amide bonds. The first-order valence-corrected chi connectivity index (χ1v) is 5.99. The molecule has 1 fully saturated rings. The Labute approximate surface area is 92.5 Å². The van der Waals surface area contributed by atoms with Gasteiger partial charge in [0.1, 0.15) is 5.60 Å². The van der Waals surface area contributed by atoms with Gasteiger partial charge in [0.15, 0.2) is 0 Å². The lowest BCUT2D eigenvalue weighted by molar-refractivity contribution is 0.0184. The Hall–Kier alpha value is -0.0900. The normalized spacial score (nSPS) is 32.4. The first kappa shape index (κ1) is 10.4. The Kier molecular flexibility index (Phi) is 2.84. The van der Waals surface area contributed by atoms with Gasteiger partial charge in [-0.25, -0.2) is 0 Å². The van der Waals surface area contributed by atoms with Gasteiger partial charge in [-0.2, -0.15) is 0 Å². The molecule has 14 heavy (non-hydrogen) atoms. The van der Waals surface area contributed by atoms with Crippen molar-refractivity contribution < 1.29 is 9.84 Å². The van der Waals surface area contributed by atoms with Crippen molar-refractivity contribution in [2.45, 2.75) is 31.5 Å². The summed E-state index contributed by atoms with van der Waals surface area (Å²) in [5, 5.41) is 12.2. The molecule has 2 heterocycles. The number of halogens is 1. The minimum atomic E-state index is -0.863. The van der Waals surface area contributed by atoms with Gasteiger partial charge in [-0.1, -0.05) is 18.5 Å². The fourth-order valence-electron chi connectivity index (χ4n) is 1.83. The van der Waals surface area contributed by atoms with Crippen LogP contribution in [-0.2, 0) is 10.3 Å². The Balaban J connectivity index is 2.22. The highest BCUT2D eigenvalue weighted by Crippen LogP contribution is 2.40. The van der Waals surface area contributed by atoms with Crippen LogP contribution in [-0.4, -0.2) is 17.8 Å². The quantitative estimate of drug-likeness (QED) is 0.850. The summed E-state index contributed by atoms with van der Waals surface area (Å²) < 4.78 is 6.17. The molecular formula is C10H13ClO2S. The topological polar surface area (TPSA) is 29.5 Å². The highest BCUT2D eigenvalue weighted by Gasteiger charge is 2.40. The fraction of sp³-hybridized carbons (Fsp3) is 0.600. The number of thiophene rings is 1. The summed E-state index contributed by atoms with van der Waals surface area (Å²) in [5.74, 6) is 0. The van der Waals surface area contributed by atoms with Crippen molar-refractivity contribution in [3.63, 3.8) is 0 Å². The minimum absolute atomic E-state index is 0.163. The summed E-state index contributed by atoms with van der Waals surface area (Å²) in [4.78, 5) is 0. The molecule has 0 radical (unpaired) electrons. The average molecular weight is 233 g/mol. The van der Waals surface area contributed by atoms with Crippen LogP contribution in [0.2, 0.25) is 4.34 Å². The van der Waals surface area contributed by atoms with Crippen molar-refractivity contribution >= 4 is 22.9 Å². The van der Waals surface area contributed by atoms with Gasteiger partial charge in [-0.3, -0.25) is 0 Å². The van der Waals surface area contributed by atoms with E-state index < -0.39 is 5.60 Å². The second kappa shape index (κ2) is 3.81. The summed E-state index contributed by atoms with van der Waals surface area (Å²) in [5.41, 5.74) is -0.0438. The van der Waals surface area contributed by atoms with Gasteiger partial charge < -0.3 is 9.84 Å². The maximum Gasteiger partial charge on any atom is 0.118 e. The molecule has 0 aliphatic carbocycles. The van der Waals surface area contributed by atoms with E-state index in [4.69, 9.17) is 16.3 Å². The zero-order valence-corrected chi connectivity index (χ0v) is 9.57. The molecule has 1 aromatic heterocycles. The standard InChI is InChI=1S/C10H13ClO2S/c1-2-7-5-10(12,6-13-7)8-3-4-14-9(8)11/h3-4,7,12H,2,5-6H2,1H3. The number of rotatable bonds is 2. The molecule has 1 aliphatic heterocycles. The van der Waals surface area contributed by atoms with Crippen molar-refractivity contribution in [2.24, 2.45) is 0 Å². The van der Waals surface area contributed by atoms with Gasteiger partial charge in [0, 0.05) is 12.0 Å². The summed E-state index contributed by atoms with van der Waals surface area (Å²) in [6.45, 7) is 2.42. The Morgan fingerprint density at radius 1 is 1.79 bits per heavy atom. The van der Waals surface area contributed by atoms with Crippen molar-refractivity contribution in [1.82, 2.24) is 0 Å². The summed E-state index contributed by atoms with van der Waals surface area (Å²) >= 11 is 7.45. The van der Waals surface area contributed by atoms with Crippen LogP contribution in [0.15, 0.2) is 11.4 Å². The highest BCUT2D eigenvalue weighted by atomic mass is 35.5. The second-order valence-electron chi connectivity index (χ2n) is 3.68. The monoisotopic (exact) mass is 232 g/mol. The van der Waals surface area contributed by atoms with Gasteiger partial charge >= 0.3 is 0 Å². The summed E-state index contributed by atoms with van der Waals surface area (Å²) in [6, 6.07) is 1.88. The van der Waals surface area contributed by atoms with E-state index in [-0.39, 0.29) is 6.10 Å². The Morgan fingerprint density at radius 3 is 3.07 bits per heavy atom. The third kappa shape index (κ3) is 1.70. The van der Waals surface area contributed by atoms with Crippen LogP contribution in [0.25, 0.3) is 0 Å². The van der Waals surface area contributed by atoms with Crippen LogP contribution in [0.5, 0.6) is 0 Å². The van der Waals surface area contributed by atoms with E-state index in [0.29, 0.717) is 17.4 Å². The Bertz CT molecular complexity index is 326. The lowest BCUT2D eigenvalue weighted by Crippen LogP contribution is -2.25. The van der Waals surface area contributed by atoms with Crippen LogP contribution in [0, 0.1) is 0 Å². The zero-order valence-electron chi connectivity index (χ0n) is 8.00. The van der Waals surface area contributed by atoms with E-state index in [1.54, 1.807) is 0 Å². The SMILES string of the molecule is CCC1CC(O)(c2ccsc2Cl)CO1. The smallest absolute Gasteiger partial charge is 0.118 e. The van der Waals surface area contributed by atoms with Gasteiger partial charge in [-0.05, 0) is 17.9 Å². The van der Waals surface area contributed by atoms with Gasteiger partial charge in [-0.15, -0.1) is 11.3 Å². The van der Waals surface area contributed by atoms with Gasteiger partial charge in [0.05, 0.1) is 17.0 Å². The van der Waals surface area contributed by atoms with E-state index in [2.05, 4.69) is 6.92 Å². The van der Waals surface area contributed by atoms with Gasteiger partial charge in [0.2, 0.25) is 0 Å². The molecule has 2 rings (SSSR count). The van der Waals surface area contributed by atoms with E-state index >= 15 is 0 Å². The zero-order chi connectivity index (χ0) is 10.2. The predicted octanol–water partition coefficient (Wildman–Crippen LogP) is 2.79. The molecule has 2 atom stereocenters. The molecule has 1 N–H and O–H groups in total. The van der Waals surface area contributed by atoms with E-state index in [1.165, 1.54) is 11.3 Å². The maximum absolute atomic E-state index is 10.3. The predicted molar refractivity (Wildman–Crippen MR) is 57.9 cm³/mol. The van der Waals surface area contributed by atoms with Crippen molar-refractivity contribution in [1.29, 1.82) is 0 Å². The molecule has 1 aromatic rings. The Morgan fingerprint density at radius 2 is 2.57 bits per heavy atom. The van der Waals surface area contributed by atoms with E-state index in [1.807, 2.05) is 11.4 Å². The lowest BCUT2D eigenvalue weighted by atomic mass is 9.93. The molecular weight excluding hydrogens is 220 g/mol. The van der Waals surface area contributed by atoms with Crippen molar-refractivity contribution in [3.8, 4) is 0 Å². The van der Waals surface area contributed by atoms with Gasteiger partial charge in [0.25, 0.3) is 0 Å². The largest absolute Gasteiger partial charge is 0.383 e. The molecule has 2 unspecified atom stereocenters. The van der Waals surface area contributed by atoms with Crippen molar-refractivity contribution in [3.05, 3.63) is 21.3 Å². The van der Waals surface area contributed by atoms with E-state index in [0.717, 1.165) is 12.0 Å². The number of ether oxygens (including phenoxy) is 1. The van der Waals surface area contributed by atoms with Crippen molar-refractivity contribution in [2.75, 3.05) is 6.61 Å². The fourth-order valence-corrected chi connectivity index (χ4v) is 2.93. The van der Waals surface area contributed by atoms with Crippen LogP contribution < -0.4 is 0 Å². The molecule has 2 nitrogen and oxygen atoms in total.